The minimum Gasteiger partial charge on any atom is -0.379 e. The summed E-state index contributed by atoms with van der Waals surface area (Å²) < 4.78 is 16.3. The summed E-state index contributed by atoms with van der Waals surface area (Å²) in [5.41, 5.74) is 6.89. The lowest BCUT2D eigenvalue weighted by Crippen LogP contribution is -2.43. The number of carbonyl (C=O) groups is 1. The quantitative estimate of drug-likeness (QED) is 0.319. The SMILES string of the molecule is C=C(CCOCCOCCOCCNC(=O)C(N)CSC)C(C)C. The van der Waals surface area contributed by atoms with E-state index in [4.69, 9.17) is 19.9 Å². The maximum atomic E-state index is 11.5. The van der Waals surface area contributed by atoms with Gasteiger partial charge >= 0.3 is 0 Å². The highest BCUT2D eigenvalue weighted by Crippen LogP contribution is 2.10. The number of ether oxygens (including phenoxy) is 3. The van der Waals surface area contributed by atoms with E-state index in [9.17, 15) is 4.79 Å². The highest BCUT2D eigenvalue weighted by atomic mass is 32.2. The van der Waals surface area contributed by atoms with E-state index in [0.29, 0.717) is 57.9 Å². The number of nitrogens with one attached hydrogen (secondary N) is 1. The van der Waals surface area contributed by atoms with Crippen LogP contribution in [0.5, 0.6) is 0 Å². The lowest BCUT2D eigenvalue weighted by atomic mass is 10.0. The van der Waals surface area contributed by atoms with E-state index >= 15 is 0 Å². The lowest BCUT2D eigenvalue weighted by Gasteiger charge is -2.11. The number of thioether (sulfide) groups is 1. The van der Waals surface area contributed by atoms with Crippen LogP contribution >= 0.6 is 11.8 Å². The maximum Gasteiger partial charge on any atom is 0.237 e. The van der Waals surface area contributed by atoms with Crippen LogP contribution < -0.4 is 11.1 Å². The number of hydrogen-bond acceptors (Lipinski definition) is 6. The molecule has 0 radical (unpaired) electrons. The highest BCUT2D eigenvalue weighted by molar-refractivity contribution is 7.98. The van der Waals surface area contributed by atoms with Gasteiger partial charge in [0.1, 0.15) is 0 Å². The fourth-order valence-corrected chi connectivity index (χ4v) is 2.18. The molecule has 0 aliphatic carbocycles. The molecule has 0 saturated carbocycles. The molecule has 142 valence electrons. The molecule has 3 N–H and O–H groups in total. The van der Waals surface area contributed by atoms with E-state index in [2.05, 4.69) is 25.7 Å². The van der Waals surface area contributed by atoms with Crippen LogP contribution in [0.1, 0.15) is 20.3 Å². The summed E-state index contributed by atoms with van der Waals surface area (Å²) in [7, 11) is 0. The van der Waals surface area contributed by atoms with Crippen molar-refractivity contribution >= 4 is 17.7 Å². The summed E-state index contributed by atoms with van der Waals surface area (Å²) in [4.78, 5) is 11.5. The third-order valence-corrected chi connectivity index (χ3v) is 4.05. The predicted octanol–water partition coefficient (Wildman–Crippen LogP) is 1.45. The Balaban J connectivity index is 3.26. The molecule has 0 bridgehead atoms. The highest BCUT2D eigenvalue weighted by Gasteiger charge is 2.11. The first kappa shape index (κ1) is 23.4. The van der Waals surface area contributed by atoms with E-state index in [-0.39, 0.29) is 5.91 Å². The summed E-state index contributed by atoms with van der Waals surface area (Å²) in [5, 5.41) is 2.74. The Morgan fingerprint density at radius 1 is 1.08 bits per heavy atom. The predicted molar refractivity (Wildman–Crippen MR) is 100 cm³/mol. The van der Waals surface area contributed by atoms with E-state index in [0.717, 1.165) is 6.42 Å². The molecule has 0 aliphatic rings. The number of carbonyl (C=O) groups excluding carboxylic acids is 1. The molecule has 0 saturated heterocycles. The molecule has 1 atom stereocenters. The van der Waals surface area contributed by atoms with Crippen LogP contribution in [0.4, 0.5) is 0 Å². The largest absolute Gasteiger partial charge is 0.379 e. The molecule has 24 heavy (non-hydrogen) atoms. The van der Waals surface area contributed by atoms with Crippen LogP contribution in [0.2, 0.25) is 0 Å². The fraction of sp³-hybridized carbons (Fsp3) is 0.824. The minimum atomic E-state index is -0.457. The van der Waals surface area contributed by atoms with Crippen LogP contribution in [0.15, 0.2) is 12.2 Å². The standard InChI is InChI=1S/C17H34N2O4S/c1-14(2)15(3)5-7-21-9-11-23-12-10-22-8-6-19-17(20)16(18)13-24-4/h14,16H,3,5-13,18H2,1-2,4H3,(H,19,20). The van der Waals surface area contributed by atoms with Crippen molar-refractivity contribution in [1.82, 2.24) is 5.32 Å². The second-order valence-corrected chi connectivity index (χ2v) is 6.66. The molecule has 0 aromatic carbocycles. The monoisotopic (exact) mass is 362 g/mol. The average Bonchev–Trinajstić information content (AvgIpc) is 2.55. The van der Waals surface area contributed by atoms with E-state index in [1.807, 2.05) is 6.26 Å². The molecule has 0 aromatic rings. The summed E-state index contributed by atoms with van der Waals surface area (Å²) in [6, 6.07) is -0.457. The van der Waals surface area contributed by atoms with E-state index in [1.54, 1.807) is 11.8 Å². The van der Waals surface area contributed by atoms with Crippen molar-refractivity contribution in [1.29, 1.82) is 0 Å². The molecular formula is C17H34N2O4S. The fourth-order valence-electron chi connectivity index (χ4n) is 1.67. The number of nitrogens with two attached hydrogens (primary N) is 1. The number of amides is 1. The second kappa shape index (κ2) is 15.9. The Hall–Kier alpha value is -0.600. The first-order valence-corrected chi connectivity index (χ1v) is 9.81. The molecule has 0 spiro atoms. The van der Waals surface area contributed by atoms with E-state index in [1.165, 1.54) is 5.57 Å². The van der Waals surface area contributed by atoms with Crippen molar-refractivity contribution in [3.63, 3.8) is 0 Å². The first-order valence-electron chi connectivity index (χ1n) is 8.42. The maximum absolute atomic E-state index is 11.5. The molecule has 7 heteroatoms. The summed E-state index contributed by atoms with van der Waals surface area (Å²) >= 11 is 1.55. The topological polar surface area (TPSA) is 82.8 Å². The van der Waals surface area contributed by atoms with Crippen molar-refractivity contribution < 1.29 is 19.0 Å². The van der Waals surface area contributed by atoms with Crippen molar-refractivity contribution in [2.45, 2.75) is 26.3 Å². The molecule has 0 aromatic heterocycles. The van der Waals surface area contributed by atoms with Crippen LogP contribution in [-0.4, -0.2) is 70.1 Å². The molecule has 0 fully saturated rings. The van der Waals surface area contributed by atoms with E-state index < -0.39 is 6.04 Å². The minimum absolute atomic E-state index is 0.138. The third-order valence-electron chi connectivity index (χ3n) is 3.36. The zero-order chi connectivity index (χ0) is 18.2. The van der Waals surface area contributed by atoms with Gasteiger partial charge in [-0.1, -0.05) is 26.0 Å². The Bertz CT molecular complexity index is 341. The zero-order valence-electron chi connectivity index (χ0n) is 15.3. The van der Waals surface area contributed by atoms with Crippen molar-refractivity contribution in [3.05, 3.63) is 12.2 Å². The van der Waals surface area contributed by atoms with Gasteiger partial charge in [0.25, 0.3) is 0 Å². The van der Waals surface area contributed by atoms with Crippen molar-refractivity contribution in [3.8, 4) is 0 Å². The molecule has 1 unspecified atom stereocenters. The Morgan fingerprint density at radius 3 is 2.17 bits per heavy atom. The summed E-state index contributed by atoms with van der Waals surface area (Å²) in [5.74, 6) is 0.989. The van der Waals surface area contributed by atoms with Crippen LogP contribution in [0, 0.1) is 5.92 Å². The van der Waals surface area contributed by atoms with Crippen LogP contribution in [0.3, 0.4) is 0 Å². The molecule has 0 rings (SSSR count). The van der Waals surface area contributed by atoms with Crippen LogP contribution in [0.25, 0.3) is 0 Å². The van der Waals surface area contributed by atoms with Gasteiger partial charge in [0, 0.05) is 12.3 Å². The molecule has 1 amide bonds. The smallest absolute Gasteiger partial charge is 0.237 e. The Labute approximate surface area is 150 Å². The third kappa shape index (κ3) is 13.8. The van der Waals surface area contributed by atoms with Crippen molar-refractivity contribution in [2.24, 2.45) is 11.7 Å². The van der Waals surface area contributed by atoms with Gasteiger partial charge in [0.2, 0.25) is 5.91 Å². The number of hydrogen-bond donors (Lipinski definition) is 2. The van der Waals surface area contributed by atoms with Crippen LogP contribution in [-0.2, 0) is 19.0 Å². The second-order valence-electron chi connectivity index (χ2n) is 5.75. The molecule has 0 heterocycles. The summed E-state index contributed by atoms with van der Waals surface area (Å²) in [6.07, 6.45) is 2.82. The normalized spacial score (nSPS) is 12.4. The number of rotatable bonds is 16. The first-order chi connectivity index (χ1) is 11.5. The van der Waals surface area contributed by atoms with Gasteiger partial charge in [0.15, 0.2) is 0 Å². The Kier molecular flexibility index (Phi) is 15.5. The molecular weight excluding hydrogens is 328 g/mol. The van der Waals surface area contributed by atoms with Gasteiger partial charge in [-0.05, 0) is 18.6 Å². The van der Waals surface area contributed by atoms with Gasteiger partial charge in [-0.25, -0.2) is 0 Å². The summed E-state index contributed by atoms with van der Waals surface area (Å²) in [6.45, 7) is 12.0. The van der Waals surface area contributed by atoms with Gasteiger partial charge in [-0.2, -0.15) is 11.8 Å². The van der Waals surface area contributed by atoms with Gasteiger partial charge in [-0.3, -0.25) is 4.79 Å². The van der Waals surface area contributed by atoms with Gasteiger partial charge in [-0.15, -0.1) is 0 Å². The zero-order valence-corrected chi connectivity index (χ0v) is 16.2. The van der Waals surface area contributed by atoms with Crippen molar-refractivity contribution in [2.75, 3.05) is 58.2 Å². The average molecular weight is 363 g/mol. The Morgan fingerprint density at radius 2 is 1.62 bits per heavy atom. The molecule has 6 nitrogen and oxygen atoms in total. The lowest BCUT2D eigenvalue weighted by molar-refractivity contribution is -0.122. The molecule has 0 aliphatic heterocycles. The van der Waals surface area contributed by atoms with Gasteiger partial charge < -0.3 is 25.3 Å². The van der Waals surface area contributed by atoms with Gasteiger partial charge in [0.05, 0.1) is 45.7 Å².